The number of allylic oxidation sites excluding steroid dienone is 2. The van der Waals surface area contributed by atoms with E-state index in [1.54, 1.807) is 0 Å². The van der Waals surface area contributed by atoms with Crippen molar-refractivity contribution in [2.75, 3.05) is 9.80 Å². The molecule has 2 aromatic carbocycles. The lowest BCUT2D eigenvalue weighted by Crippen LogP contribution is -2.38. The van der Waals surface area contributed by atoms with Crippen molar-refractivity contribution in [3.8, 4) is 0 Å². The van der Waals surface area contributed by atoms with Crippen LogP contribution in [-0.4, -0.2) is 11.0 Å². The molecule has 6 rings (SSSR count). The van der Waals surface area contributed by atoms with E-state index in [9.17, 15) is 0 Å². The van der Waals surface area contributed by atoms with Crippen molar-refractivity contribution in [1.29, 1.82) is 0 Å². The van der Waals surface area contributed by atoms with Crippen LogP contribution in [-0.2, 0) is 0 Å². The first-order valence-corrected chi connectivity index (χ1v) is 18.4. The highest BCUT2D eigenvalue weighted by molar-refractivity contribution is 6.22. The summed E-state index contributed by atoms with van der Waals surface area (Å²) in [7, 11) is 0. The van der Waals surface area contributed by atoms with E-state index in [1.165, 1.54) is 122 Å². The maximum absolute atomic E-state index is 7.13. The summed E-state index contributed by atoms with van der Waals surface area (Å²) in [4.78, 5) is 4.86. The highest BCUT2D eigenvalue weighted by Gasteiger charge is 2.35. The molecule has 0 spiro atoms. The van der Waals surface area contributed by atoms with Crippen LogP contribution < -0.4 is 21.3 Å². The van der Waals surface area contributed by atoms with Crippen LogP contribution in [0.4, 0.5) is 11.4 Å². The second-order valence-electron chi connectivity index (χ2n) is 13.4. The molecule has 2 aromatic rings. The van der Waals surface area contributed by atoms with Gasteiger partial charge in [0.15, 0.2) is 0 Å². The molecule has 0 amide bonds. The van der Waals surface area contributed by atoms with Crippen molar-refractivity contribution in [3.05, 3.63) is 82.2 Å². The van der Waals surface area contributed by atoms with Gasteiger partial charge in [0, 0.05) is 22.8 Å². The van der Waals surface area contributed by atoms with Crippen LogP contribution in [0.15, 0.2) is 71.1 Å². The zero-order chi connectivity index (χ0) is 30.5. The van der Waals surface area contributed by atoms with Crippen LogP contribution in [0.3, 0.4) is 0 Å². The van der Waals surface area contributed by atoms with Gasteiger partial charge in [0.1, 0.15) is 11.0 Å². The van der Waals surface area contributed by atoms with Crippen molar-refractivity contribution in [2.24, 2.45) is 11.5 Å². The summed E-state index contributed by atoms with van der Waals surface area (Å²) in [5, 5.41) is 0. The number of nitrogens with zero attached hydrogens (tertiary/aromatic N) is 2. The normalized spacial score (nSPS) is 22.7. The Labute approximate surface area is 275 Å². The molecule has 4 N–H and O–H groups in total. The standard InChI is InChI=1S/C38H52Cl2N4/c39-35(43-31-21-13-9-17-27(31)37(41)28-18-10-14-22-32(28)43)25-7-5-3-1-2-4-6-8-26-36(40)44-33-23-15-11-19-29(33)38(42)30-20-12-16-24-34(30)44/h9,11,13,15,17,19,21,23,35-38H,1-8,10,12,14,16,18,20,22,24-26,41-42H2. The van der Waals surface area contributed by atoms with Crippen LogP contribution in [0.25, 0.3) is 0 Å². The van der Waals surface area contributed by atoms with E-state index in [-0.39, 0.29) is 23.1 Å². The number of anilines is 2. The Morgan fingerprint density at radius 3 is 1.34 bits per heavy atom. The van der Waals surface area contributed by atoms with Crippen LogP contribution in [0, 0.1) is 0 Å². The first-order chi connectivity index (χ1) is 21.6. The maximum atomic E-state index is 7.13. The molecule has 0 fully saturated rings. The minimum Gasteiger partial charge on any atom is -0.328 e. The van der Waals surface area contributed by atoms with E-state index >= 15 is 0 Å². The Bertz CT molecular complexity index is 1230. The Hall–Kier alpha value is -1.98. The van der Waals surface area contributed by atoms with Crippen molar-refractivity contribution in [2.45, 2.75) is 139 Å². The van der Waals surface area contributed by atoms with Gasteiger partial charge in [0.05, 0.1) is 12.1 Å². The summed E-state index contributed by atoms with van der Waals surface area (Å²) in [6.45, 7) is 0. The second-order valence-corrected chi connectivity index (χ2v) is 14.5. The fourth-order valence-corrected chi connectivity index (χ4v) is 8.99. The minimum atomic E-state index is -0.00157. The molecule has 0 saturated heterocycles. The first-order valence-electron chi connectivity index (χ1n) is 17.6. The summed E-state index contributed by atoms with van der Waals surface area (Å²) < 4.78 is 0. The molecule has 0 bridgehead atoms. The van der Waals surface area contributed by atoms with E-state index < -0.39 is 0 Å². The predicted molar refractivity (Wildman–Crippen MR) is 188 cm³/mol. The van der Waals surface area contributed by atoms with Gasteiger partial charge >= 0.3 is 0 Å². The fourth-order valence-electron chi connectivity index (χ4n) is 8.24. The summed E-state index contributed by atoms with van der Waals surface area (Å²) >= 11 is 14.3. The van der Waals surface area contributed by atoms with Gasteiger partial charge < -0.3 is 21.3 Å². The van der Waals surface area contributed by atoms with Gasteiger partial charge in [-0.15, -0.1) is 0 Å². The molecular formula is C38H52Cl2N4. The van der Waals surface area contributed by atoms with Crippen LogP contribution >= 0.6 is 23.2 Å². The lowest BCUT2D eigenvalue weighted by Gasteiger charge is -2.42. The molecule has 6 heteroatoms. The lowest BCUT2D eigenvalue weighted by molar-refractivity contribution is 0.527. The molecule has 44 heavy (non-hydrogen) atoms. The number of hydrogen-bond acceptors (Lipinski definition) is 4. The monoisotopic (exact) mass is 634 g/mol. The molecular weight excluding hydrogens is 583 g/mol. The van der Waals surface area contributed by atoms with Crippen molar-refractivity contribution in [1.82, 2.24) is 0 Å². The highest BCUT2D eigenvalue weighted by Crippen LogP contribution is 2.47. The number of alkyl halides is 2. The molecule has 238 valence electrons. The van der Waals surface area contributed by atoms with Gasteiger partial charge in [-0.3, -0.25) is 0 Å². The molecule has 4 atom stereocenters. The maximum Gasteiger partial charge on any atom is 0.108 e. The van der Waals surface area contributed by atoms with E-state index in [0.29, 0.717) is 0 Å². The number of hydrogen-bond donors (Lipinski definition) is 2. The SMILES string of the molecule is NC1C2=C(CCCC2)N(C(Cl)CCCCCCCCCCC(Cl)N2C3=C(CCCC3)C(N)c3ccccc32)c2ccccc21. The Morgan fingerprint density at radius 2 is 0.909 bits per heavy atom. The fraction of sp³-hybridized carbons (Fsp3) is 0.579. The van der Waals surface area contributed by atoms with Gasteiger partial charge in [-0.05, 0) is 98.6 Å². The quantitative estimate of drug-likeness (QED) is 0.131. The first kappa shape index (κ1) is 32.0. The van der Waals surface area contributed by atoms with Crippen molar-refractivity contribution < 1.29 is 0 Å². The van der Waals surface area contributed by atoms with Crippen LogP contribution in [0.1, 0.15) is 139 Å². The molecule has 4 aliphatic rings. The van der Waals surface area contributed by atoms with Gasteiger partial charge in [-0.1, -0.05) is 111 Å². The van der Waals surface area contributed by atoms with E-state index in [0.717, 1.165) is 38.5 Å². The summed E-state index contributed by atoms with van der Waals surface area (Å²) in [5.74, 6) is 0. The third kappa shape index (κ3) is 6.75. The number of rotatable bonds is 13. The highest BCUT2D eigenvalue weighted by atomic mass is 35.5. The lowest BCUT2D eigenvalue weighted by atomic mass is 9.83. The van der Waals surface area contributed by atoms with Crippen molar-refractivity contribution >= 4 is 34.6 Å². The van der Waals surface area contributed by atoms with Gasteiger partial charge in [0.25, 0.3) is 0 Å². The largest absolute Gasteiger partial charge is 0.328 e. The topological polar surface area (TPSA) is 58.5 Å². The van der Waals surface area contributed by atoms with Gasteiger partial charge in [-0.2, -0.15) is 0 Å². The van der Waals surface area contributed by atoms with E-state index in [1.807, 2.05) is 0 Å². The molecule has 4 nitrogen and oxygen atoms in total. The second kappa shape index (κ2) is 15.1. The summed E-state index contributed by atoms with van der Waals surface area (Å²) in [6, 6.07) is 17.3. The molecule has 0 saturated carbocycles. The smallest absolute Gasteiger partial charge is 0.108 e. The summed E-state index contributed by atoms with van der Waals surface area (Å²) in [6.07, 6.45) is 21.4. The average Bonchev–Trinajstić information content (AvgIpc) is 3.06. The molecule has 4 unspecified atom stereocenters. The molecule has 2 aliphatic heterocycles. The third-order valence-electron chi connectivity index (χ3n) is 10.6. The Balaban J connectivity index is 0.903. The third-order valence-corrected chi connectivity index (χ3v) is 11.4. The minimum absolute atomic E-state index is 0.00157. The van der Waals surface area contributed by atoms with E-state index in [4.69, 9.17) is 34.7 Å². The zero-order valence-corrected chi connectivity index (χ0v) is 28.0. The number of unbranched alkanes of at least 4 members (excludes halogenated alkanes) is 7. The Morgan fingerprint density at radius 1 is 0.545 bits per heavy atom. The average molecular weight is 636 g/mol. The number of fused-ring (bicyclic) bond motifs is 2. The summed E-state index contributed by atoms with van der Waals surface area (Å²) in [5.41, 5.74) is 24.0. The molecule has 0 radical (unpaired) electrons. The molecule has 0 aromatic heterocycles. The van der Waals surface area contributed by atoms with Crippen LogP contribution in [0.5, 0.6) is 0 Å². The zero-order valence-electron chi connectivity index (χ0n) is 26.5. The number of benzene rings is 2. The van der Waals surface area contributed by atoms with Crippen LogP contribution in [0.2, 0.25) is 0 Å². The van der Waals surface area contributed by atoms with Gasteiger partial charge in [-0.25, -0.2) is 0 Å². The molecule has 2 aliphatic carbocycles. The van der Waals surface area contributed by atoms with E-state index in [2.05, 4.69) is 58.3 Å². The van der Waals surface area contributed by atoms with Gasteiger partial charge in [0.2, 0.25) is 0 Å². The Kier molecular flexibility index (Phi) is 11.0. The number of para-hydroxylation sites is 2. The number of nitrogens with two attached hydrogens (primary N) is 2. The molecule has 2 heterocycles. The number of halogens is 2. The van der Waals surface area contributed by atoms with Crippen molar-refractivity contribution in [3.63, 3.8) is 0 Å². The predicted octanol–water partition coefficient (Wildman–Crippen LogP) is 10.7.